The van der Waals surface area contributed by atoms with E-state index in [4.69, 9.17) is 27.8 Å². The molecule has 0 aliphatic rings. The molecule has 2 rings (SSSR count). The van der Waals surface area contributed by atoms with Crippen LogP contribution in [0.1, 0.15) is 35.6 Å². The maximum absolute atomic E-state index is 10.3. The van der Waals surface area contributed by atoms with E-state index in [1.54, 1.807) is 19.2 Å². The molecule has 142 valence electrons. The van der Waals surface area contributed by atoms with Crippen molar-refractivity contribution in [3.63, 3.8) is 0 Å². The van der Waals surface area contributed by atoms with E-state index in [0.29, 0.717) is 42.3 Å². The van der Waals surface area contributed by atoms with Gasteiger partial charge in [0.2, 0.25) is 0 Å². The summed E-state index contributed by atoms with van der Waals surface area (Å²) in [6.07, 6.45) is 3.34. The topological polar surface area (TPSA) is 102 Å². The molecule has 0 aliphatic heterocycles. The minimum atomic E-state index is 0.136. The number of nitrogens with two attached hydrogens (primary N) is 2. The zero-order valence-corrected chi connectivity index (χ0v) is 16.1. The number of benzene rings is 2. The van der Waals surface area contributed by atoms with E-state index in [9.17, 15) is 10.2 Å². The van der Waals surface area contributed by atoms with Gasteiger partial charge in [-0.2, -0.15) is 0 Å². The lowest BCUT2D eigenvalue weighted by atomic mass is 9.94. The summed E-state index contributed by atoms with van der Waals surface area (Å²) in [5.41, 5.74) is 16.6. The Bertz CT molecular complexity index is 778. The molecule has 0 saturated carbocycles. The van der Waals surface area contributed by atoms with Crippen molar-refractivity contribution in [3.8, 4) is 11.5 Å². The normalized spacial score (nSPS) is 11.0. The number of phenolic OH excluding ortho intramolecular Hbond substituents is 2. The molecule has 6 heteroatoms. The smallest absolute Gasteiger partial charge is 0.120 e. The third-order valence-electron chi connectivity index (χ3n) is 4.58. The number of hydrogen-bond acceptors (Lipinski definition) is 5. The average molecular weight is 379 g/mol. The first-order valence-corrected chi connectivity index (χ1v) is 9.14. The van der Waals surface area contributed by atoms with Crippen LogP contribution in [0.25, 0.3) is 0 Å². The predicted molar refractivity (Wildman–Crippen MR) is 107 cm³/mol. The van der Waals surface area contributed by atoms with E-state index in [1.807, 2.05) is 6.92 Å². The SMILES string of the molecule is CCCc1c(N)c(Cl)cc(O)c1CCc1cc(N)c(CCOC)cc1O. The van der Waals surface area contributed by atoms with Crippen LogP contribution in [0.15, 0.2) is 18.2 Å². The first kappa shape index (κ1) is 20.2. The number of methoxy groups -OCH3 is 1. The Morgan fingerprint density at radius 2 is 1.65 bits per heavy atom. The highest BCUT2D eigenvalue weighted by Gasteiger charge is 2.16. The number of halogens is 1. The molecule has 0 fully saturated rings. The average Bonchev–Trinajstić information content (AvgIpc) is 2.60. The Morgan fingerprint density at radius 1 is 0.923 bits per heavy atom. The molecule has 0 atom stereocenters. The molecule has 0 bridgehead atoms. The summed E-state index contributed by atoms with van der Waals surface area (Å²) in [5.74, 6) is 0.334. The molecule has 0 aliphatic carbocycles. The van der Waals surface area contributed by atoms with Crippen LogP contribution < -0.4 is 11.5 Å². The lowest BCUT2D eigenvalue weighted by Gasteiger charge is -2.16. The van der Waals surface area contributed by atoms with Crippen molar-refractivity contribution in [3.05, 3.63) is 45.5 Å². The van der Waals surface area contributed by atoms with Gasteiger partial charge in [0, 0.05) is 18.9 Å². The van der Waals surface area contributed by atoms with Crippen molar-refractivity contribution in [2.75, 3.05) is 25.2 Å². The summed E-state index contributed by atoms with van der Waals surface area (Å²) in [4.78, 5) is 0. The van der Waals surface area contributed by atoms with E-state index in [2.05, 4.69) is 0 Å². The van der Waals surface area contributed by atoms with Crippen molar-refractivity contribution >= 4 is 23.0 Å². The number of hydrogen-bond donors (Lipinski definition) is 4. The van der Waals surface area contributed by atoms with Gasteiger partial charge >= 0.3 is 0 Å². The second-order valence-electron chi connectivity index (χ2n) is 6.42. The number of rotatable bonds is 8. The quantitative estimate of drug-likeness (QED) is 0.413. The Morgan fingerprint density at radius 3 is 2.31 bits per heavy atom. The van der Waals surface area contributed by atoms with Gasteiger partial charge in [0.05, 0.1) is 17.3 Å². The highest BCUT2D eigenvalue weighted by Crippen LogP contribution is 2.36. The van der Waals surface area contributed by atoms with Crippen LogP contribution in [0, 0.1) is 0 Å². The summed E-state index contributed by atoms with van der Waals surface area (Å²) in [6, 6.07) is 4.95. The number of phenols is 2. The van der Waals surface area contributed by atoms with E-state index in [1.165, 1.54) is 6.07 Å². The van der Waals surface area contributed by atoms with Crippen LogP contribution in [-0.4, -0.2) is 23.9 Å². The molecule has 0 amide bonds. The Hall–Kier alpha value is -2.11. The van der Waals surface area contributed by atoms with E-state index in [-0.39, 0.29) is 11.5 Å². The zero-order chi connectivity index (χ0) is 19.3. The first-order chi connectivity index (χ1) is 12.4. The minimum absolute atomic E-state index is 0.136. The molecular formula is C20H27ClN2O3. The van der Waals surface area contributed by atoms with Crippen LogP contribution in [0.4, 0.5) is 11.4 Å². The molecule has 0 heterocycles. The summed E-state index contributed by atoms with van der Waals surface area (Å²) >= 11 is 6.10. The van der Waals surface area contributed by atoms with Crippen molar-refractivity contribution in [1.82, 2.24) is 0 Å². The lowest BCUT2D eigenvalue weighted by molar-refractivity contribution is 0.202. The fourth-order valence-electron chi connectivity index (χ4n) is 3.14. The number of ether oxygens (including phenoxy) is 1. The monoisotopic (exact) mass is 378 g/mol. The molecule has 2 aromatic carbocycles. The van der Waals surface area contributed by atoms with Gasteiger partial charge in [0.15, 0.2) is 0 Å². The minimum Gasteiger partial charge on any atom is -0.508 e. The molecule has 0 radical (unpaired) electrons. The number of aromatic hydroxyl groups is 2. The van der Waals surface area contributed by atoms with Crippen LogP contribution >= 0.6 is 11.6 Å². The van der Waals surface area contributed by atoms with Crippen molar-refractivity contribution in [2.45, 2.75) is 39.0 Å². The van der Waals surface area contributed by atoms with Gasteiger partial charge in [-0.25, -0.2) is 0 Å². The van der Waals surface area contributed by atoms with Crippen molar-refractivity contribution in [1.29, 1.82) is 0 Å². The maximum Gasteiger partial charge on any atom is 0.120 e. The first-order valence-electron chi connectivity index (χ1n) is 8.76. The van der Waals surface area contributed by atoms with Gasteiger partial charge in [0.25, 0.3) is 0 Å². The number of anilines is 2. The second kappa shape index (κ2) is 9.01. The fraction of sp³-hybridized carbons (Fsp3) is 0.400. The largest absolute Gasteiger partial charge is 0.508 e. The van der Waals surface area contributed by atoms with E-state index in [0.717, 1.165) is 35.1 Å². The Balaban J connectivity index is 2.26. The molecule has 0 spiro atoms. The summed E-state index contributed by atoms with van der Waals surface area (Å²) in [5, 5.41) is 21.0. The molecule has 6 N–H and O–H groups in total. The number of nitrogen functional groups attached to an aromatic ring is 2. The van der Waals surface area contributed by atoms with Gasteiger partial charge in [0.1, 0.15) is 11.5 Å². The summed E-state index contributed by atoms with van der Waals surface area (Å²) in [6.45, 7) is 2.59. The Kier molecular flexibility index (Phi) is 7.00. The van der Waals surface area contributed by atoms with Crippen LogP contribution in [-0.2, 0) is 30.4 Å². The number of aryl methyl sites for hydroxylation is 1. The van der Waals surface area contributed by atoms with E-state index >= 15 is 0 Å². The second-order valence-corrected chi connectivity index (χ2v) is 6.83. The zero-order valence-electron chi connectivity index (χ0n) is 15.3. The summed E-state index contributed by atoms with van der Waals surface area (Å²) < 4.78 is 5.06. The highest BCUT2D eigenvalue weighted by atomic mass is 35.5. The Labute approximate surface area is 159 Å². The standard InChI is InChI=1S/C20H27ClN2O3/c1-3-4-15-14(19(25)11-16(21)20(15)23)6-5-13-9-17(22)12(7-8-26-2)10-18(13)24/h9-11,24-25H,3-8,22-23H2,1-2H3. The van der Waals surface area contributed by atoms with Gasteiger partial charge in [-0.05, 0) is 60.1 Å². The third-order valence-corrected chi connectivity index (χ3v) is 4.89. The van der Waals surface area contributed by atoms with Gasteiger partial charge in [-0.3, -0.25) is 0 Å². The maximum atomic E-state index is 10.3. The van der Waals surface area contributed by atoms with Gasteiger partial charge in [-0.15, -0.1) is 0 Å². The molecular weight excluding hydrogens is 352 g/mol. The van der Waals surface area contributed by atoms with Crippen LogP contribution in [0.5, 0.6) is 11.5 Å². The molecule has 5 nitrogen and oxygen atoms in total. The fourth-order valence-corrected chi connectivity index (χ4v) is 3.36. The van der Waals surface area contributed by atoms with Crippen LogP contribution in [0.3, 0.4) is 0 Å². The summed E-state index contributed by atoms with van der Waals surface area (Å²) in [7, 11) is 1.63. The van der Waals surface area contributed by atoms with Crippen molar-refractivity contribution in [2.24, 2.45) is 0 Å². The molecule has 0 saturated heterocycles. The van der Waals surface area contributed by atoms with Crippen LogP contribution in [0.2, 0.25) is 5.02 Å². The highest BCUT2D eigenvalue weighted by molar-refractivity contribution is 6.33. The molecule has 2 aromatic rings. The van der Waals surface area contributed by atoms with Gasteiger partial charge in [-0.1, -0.05) is 24.9 Å². The predicted octanol–water partition coefficient (Wildman–Crippen LogP) is 3.84. The van der Waals surface area contributed by atoms with Crippen molar-refractivity contribution < 1.29 is 14.9 Å². The molecule has 26 heavy (non-hydrogen) atoms. The molecule has 0 aromatic heterocycles. The third kappa shape index (κ3) is 4.54. The van der Waals surface area contributed by atoms with E-state index < -0.39 is 0 Å². The van der Waals surface area contributed by atoms with Gasteiger partial charge < -0.3 is 26.4 Å². The molecule has 0 unspecified atom stereocenters. The lowest BCUT2D eigenvalue weighted by Crippen LogP contribution is -2.05.